The molecule has 1 aromatic rings. The van der Waals surface area contributed by atoms with Crippen molar-refractivity contribution < 1.29 is 59.1 Å². The molecule has 0 spiro atoms. The highest BCUT2D eigenvalue weighted by Gasteiger charge is 2.44. The van der Waals surface area contributed by atoms with Crippen LogP contribution in [0.1, 0.15) is 18.1 Å². The normalized spacial score (nSPS) is 42.4. The lowest BCUT2D eigenvalue weighted by atomic mass is 9.99. The molecule has 12 heteroatoms. The summed E-state index contributed by atoms with van der Waals surface area (Å²) in [5.74, 6) is 0. The van der Waals surface area contributed by atoms with E-state index in [1.165, 1.54) is 19.5 Å². The molecule has 2 saturated heterocycles. The molecule has 3 rings (SSSR count). The highest BCUT2D eigenvalue weighted by Crippen LogP contribution is 2.25. The monoisotopic (exact) mass is 436 g/mol. The number of furan rings is 1. The molecule has 7 N–H and O–H groups in total. The Morgan fingerprint density at radius 1 is 0.733 bits per heavy atom. The average Bonchev–Trinajstić information content (AvgIpc) is 3.19. The lowest BCUT2D eigenvalue weighted by Gasteiger charge is -2.39. The SMILES string of the molecule is CC1OC(OCc2cocc2COC2OC(CO)C(O)C(O)C2O)C(O)C(O)C1O. The Hall–Kier alpha value is -1.16. The minimum Gasteiger partial charge on any atom is -0.472 e. The number of rotatable bonds is 7. The lowest BCUT2D eigenvalue weighted by molar-refractivity contribution is -0.304. The van der Waals surface area contributed by atoms with Crippen LogP contribution in [0.15, 0.2) is 16.9 Å². The summed E-state index contributed by atoms with van der Waals surface area (Å²) in [5, 5.41) is 68.4. The maximum Gasteiger partial charge on any atom is 0.187 e. The Morgan fingerprint density at radius 2 is 1.23 bits per heavy atom. The van der Waals surface area contributed by atoms with E-state index in [4.69, 9.17) is 23.4 Å². The number of hydrogen-bond donors (Lipinski definition) is 7. The van der Waals surface area contributed by atoms with E-state index in [1.807, 2.05) is 0 Å². The van der Waals surface area contributed by atoms with Gasteiger partial charge in [0.15, 0.2) is 12.6 Å². The van der Waals surface area contributed by atoms with Crippen LogP contribution < -0.4 is 0 Å². The molecule has 30 heavy (non-hydrogen) atoms. The summed E-state index contributed by atoms with van der Waals surface area (Å²) in [6, 6.07) is 0. The van der Waals surface area contributed by atoms with Crippen molar-refractivity contribution in [1.82, 2.24) is 0 Å². The maximum absolute atomic E-state index is 10.0. The molecule has 12 nitrogen and oxygen atoms in total. The predicted octanol–water partition coefficient (Wildman–Crippen LogP) is -3.06. The molecule has 10 unspecified atom stereocenters. The third-order valence-corrected chi connectivity index (χ3v) is 5.30. The summed E-state index contributed by atoms with van der Waals surface area (Å²) in [4.78, 5) is 0. The lowest BCUT2D eigenvalue weighted by Crippen LogP contribution is -2.59. The van der Waals surface area contributed by atoms with Crippen LogP contribution in [0.5, 0.6) is 0 Å². The van der Waals surface area contributed by atoms with E-state index in [2.05, 4.69) is 0 Å². The van der Waals surface area contributed by atoms with E-state index < -0.39 is 68.0 Å². The fourth-order valence-corrected chi connectivity index (χ4v) is 3.30. The smallest absolute Gasteiger partial charge is 0.187 e. The van der Waals surface area contributed by atoms with Gasteiger partial charge in [-0.2, -0.15) is 0 Å². The summed E-state index contributed by atoms with van der Waals surface area (Å²) in [6.45, 7) is 0.761. The second kappa shape index (κ2) is 9.97. The van der Waals surface area contributed by atoms with Crippen LogP contribution in [0.2, 0.25) is 0 Å². The zero-order chi connectivity index (χ0) is 22.0. The van der Waals surface area contributed by atoms with Crippen LogP contribution >= 0.6 is 0 Å². The standard InChI is InChI=1S/C18H28O12/c1-7-11(20)13(22)15(24)17(29-7)27-5-8-3-26-4-9(8)6-28-18-16(25)14(23)12(21)10(2-19)30-18/h3-4,7,10-25H,2,5-6H2,1H3. The highest BCUT2D eigenvalue weighted by atomic mass is 16.7. The van der Waals surface area contributed by atoms with Gasteiger partial charge in [-0.05, 0) is 6.92 Å². The fourth-order valence-electron chi connectivity index (χ4n) is 3.30. The van der Waals surface area contributed by atoms with Crippen molar-refractivity contribution in [3.05, 3.63) is 23.7 Å². The first-order chi connectivity index (χ1) is 14.2. The molecule has 0 radical (unpaired) electrons. The first-order valence-corrected chi connectivity index (χ1v) is 9.52. The van der Waals surface area contributed by atoms with Crippen molar-refractivity contribution in [3.63, 3.8) is 0 Å². The molecule has 0 saturated carbocycles. The molecule has 0 amide bonds. The Balaban J connectivity index is 1.56. The van der Waals surface area contributed by atoms with Crippen molar-refractivity contribution >= 4 is 0 Å². The van der Waals surface area contributed by atoms with Gasteiger partial charge in [0, 0.05) is 11.1 Å². The molecule has 172 valence electrons. The zero-order valence-electron chi connectivity index (χ0n) is 16.2. The largest absolute Gasteiger partial charge is 0.472 e. The van der Waals surface area contributed by atoms with Gasteiger partial charge in [0.05, 0.1) is 38.5 Å². The molecule has 1 aromatic heterocycles. The Kier molecular flexibility index (Phi) is 7.81. The predicted molar refractivity (Wildman–Crippen MR) is 94.4 cm³/mol. The van der Waals surface area contributed by atoms with Gasteiger partial charge in [0.2, 0.25) is 0 Å². The third kappa shape index (κ3) is 4.84. The molecule has 0 aromatic carbocycles. The van der Waals surface area contributed by atoms with Crippen LogP contribution in [0.3, 0.4) is 0 Å². The van der Waals surface area contributed by atoms with Gasteiger partial charge < -0.3 is 59.1 Å². The molecule has 2 aliphatic rings. The Morgan fingerprint density at radius 3 is 1.77 bits per heavy atom. The summed E-state index contributed by atoms with van der Waals surface area (Å²) in [6.07, 6.45) is -10.3. The van der Waals surface area contributed by atoms with E-state index in [0.717, 1.165) is 0 Å². The first kappa shape index (κ1) is 23.5. The molecule has 10 atom stereocenters. The first-order valence-electron chi connectivity index (χ1n) is 9.52. The summed E-state index contributed by atoms with van der Waals surface area (Å²) >= 11 is 0. The van der Waals surface area contributed by atoms with Crippen molar-refractivity contribution in [2.24, 2.45) is 0 Å². The van der Waals surface area contributed by atoms with Crippen molar-refractivity contribution in [2.45, 2.75) is 81.5 Å². The van der Waals surface area contributed by atoms with E-state index in [-0.39, 0.29) is 13.2 Å². The highest BCUT2D eigenvalue weighted by molar-refractivity contribution is 5.19. The van der Waals surface area contributed by atoms with Crippen LogP contribution in [0.4, 0.5) is 0 Å². The van der Waals surface area contributed by atoms with Crippen molar-refractivity contribution in [1.29, 1.82) is 0 Å². The van der Waals surface area contributed by atoms with Gasteiger partial charge >= 0.3 is 0 Å². The second-order valence-electron chi connectivity index (χ2n) is 7.42. The van der Waals surface area contributed by atoms with Crippen LogP contribution in [0, 0.1) is 0 Å². The topological polar surface area (TPSA) is 192 Å². The van der Waals surface area contributed by atoms with Gasteiger partial charge in [0.1, 0.15) is 42.7 Å². The Bertz CT molecular complexity index is 665. The molecular formula is C18H28O12. The molecule has 2 aliphatic heterocycles. The van der Waals surface area contributed by atoms with E-state index in [9.17, 15) is 35.7 Å². The zero-order valence-corrected chi connectivity index (χ0v) is 16.2. The molecular weight excluding hydrogens is 408 g/mol. The molecule has 2 fully saturated rings. The fraction of sp³-hybridized carbons (Fsp3) is 0.778. The summed E-state index contributed by atoms with van der Waals surface area (Å²) in [7, 11) is 0. The minimum absolute atomic E-state index is 0.0822. The number of aliphatic hydroxyl groups is 7. The van der Waals surface area contributed by atoms with Gasteiger partial charge in [-0.1, -0.05) is 0 Å². The van der Waals surface area contributed by atoms with E-state index in [1.54, 1.807) is 0 Å². The number of ether oxygens (including phenoxy) is 4. The van der Waals surface area contributed by atoms with E-state index >= 15 is 0 Å². The second-order valence-corrected chi connectivity index (χ2v) is 7.42. The van der Waals surface area contributed by atoms with Crippen molar-refractivity contribution in [2.75, 3.05) is 6.61 Å². The summed E-state index contributed by atoms with van der Waals surface area (Å²) < 4.78 is 26.7. The third-order valence-electron chi connectivity index (χ3n) is 5.30. The van der Waals surface area contributed by atoms with Gasteiger partial charge in [-0.15, -0.1) is 0 Å². The summed E-state index contributed by atoms with van der Waals surface area (Å²) in [5.41, 5.74) is 1.02. The van der Waals surface area contributed by atoms with Crippen molar-refractivity contribution in [3.8, 4) is 0 Å². The van der Waals surface area contributed by atoms with Gasteiger partial charge in [0.25, 0.3) is 0 Å². The molecule has 0 bridgehead atoms. The quantitative estimate of drug-likeness (QED) is 0.229. The van der Waals surface area contributed by atoms with Crippen LogP contribution in [-0.2, 0) is 32.2 Å². The van der Waals surface area contributed by atoms with Gasteiger partial charge in [-0.3, -0.25) is 0 Å². The Labute approximate surface area is 171 Å². The van der Waals surface area contributed by atoms with Gasteiger partial charge in [-0.25, -0.2) is 0 Å². The van der Waals surface area contributed by atoms with E-state index in [0.29, 0.717) is 11.1 Å². The maximum atomic E-state index is 10.0. The minimum atomic E-state index is -1.55. The number of aliphatic hydroxyl groups excluding tert-OH is 7. The van der Waals surface area contributed by atoms with Crippen LogP contribution in [-0.4, -0.2) is 104 Å². The molecule has 0 aliphatic carbocycles. The molecule has 3 heterocycles. The van der Waals surface area contributed by atoms with Crippen LogP contribution in [0.25, 0.3) is 0 Å². The average molecular weight is 436 g/mol. The number of hydrogen-bond acceptors (Lipinski definition) is 12.